The van der Waals surface area contributed by atoms with Crippen LogP contribution in [0, 0.1) is 5.92 Å². The molecule has 0 spiro atoms. The van der Waals surface area contributed by atoms with Crippen LogP contribution in [0.25, 0.3) is 0 Å². The molecule has 1 aromatic carbocycles. The first-order valence-electron chi connectivity index (χ1n) is 7.66. The van der Waals surface area contributed by atoms with Crippen molar-refractivity contribution in [3.05, 3.63) is 22.7 Å². The van der Waals surface area contributed by atoms with Gasteiger partial charge in [-0.2, -0.15) is 0 Å². The van der Waals surface area contributed by atoms with Gasteiger partial charge in [0.15, 0.2) is 11.5 Å². The van der Waals surface area contributed by atoms with E-state index in [0.717, 1.165) is 24.8 Å². The Kier molecular flexibility index (Phi) is 4.74. The van der Waals surface area contributed by atoms with Crippen LogP contribution in [0.5, 0.6) is 11.5 Å². The van der Waals surface area contributed by atoms with Crippen molar-refractivity contribution in [2.75, 3.05) is 19.8 Å². The molecule has 5 nitrogen and oxygen atoms in total. The van der Waals surface area contributed by atoms with Crippen LogP contribution in [-0.2, 0) is 11.2 Å². The number of amides is 1. The third-order valence-corrected chi connectivity index (χ3v) is 4.48. The maximum atomic E-state index is 12.0. The molecule has 2 aliphatic rings. The lowest BCUT2D eigenvalue weighted by Gasteiger charge is -2.20. The SMILES string of the molecule is O=C(Cc1cc(Cl)c2c(c1)OCCO2)NCC1CCCC1O. The highest BCUT2D eigenvalue weighted by Gasteiger charge is 2.25. The molecule has 1 aromatic rings. The first-order chi connectivity index (χ1) is 10.6. The van der Waals surface area contributed by atoms with Gasteiger partial charge in [-0.15, -0.1) is 0 Å². The molecule has 1 amide bonds. The molecule has 0 radical (unpaired) electrons. The minimum absolute atomic E-state index is 0.0770. The van der Waals surface area contributed by atoms with Crippen LogP contribution in [-0.4, -0.2) is 36.9 Å². The normalized spacial score (nSPS) is 23.4. The number of nitrogens with one attached hydrogen (secondary N) is 1. The highest BCUT2D eigenvalue weighted by Crippen LogP contribution is 2.38. The molecule has 1 saturated carbocycles. The third-order valence-electron chi connectivity index (χ3n) is 4.20. The quantitative estimate of drug-likeness (QED) is 0.887. The third kappa shape index (κ3) is 3.47. The topological polar surface area (TPSA) is 67.8 Å². The van der Waals surface area contributed by atoms with Gasteiger partial charge in [-0.25, -0.2) is 0 Å². The van der Waals surface area contributed by atoms with Gasteiger partial charge in [-0.1, -0.05) is 18.0 Å². The Morgan fingerprint density at radius 1 is 1.32 bits per heavy atom. The van der Waals surface area contributed by atoms with Crippen LogP contribution < -0.4 is 14.8 Å². The molecule has 1 aliphatic heterocycles. The lowest BCUT2D eigenvalue weighted by Crippen LogP contribution is -2.33. The zero-order chi connectivity index (χ0) is 15.5. The molecular formula is C16H20ClNO4. The molecule has 1 fully saturated rings. The van der Waals surface area contributed by atoms with Gasteiger partial charge in [0.05, 0.1) is 17.5 Å². The summed E-state index contributed by atoms with van der Waals surface area (Å²) in [5.41, 5.74) is 0.790. The number of hydrogen-bond donors (Lipinski definition) is 2. The van der Waals surface area contributed by atoms with Gasteiger partial charge in [-0.05, 0) is 30.5 Å². The molecule has 0 bridgehead atoms. The Morgan fingerprint density at radius 3 is 2.91 bits per heavy atom. The van der Waals surface area contributed by atoms with Crippen molar-refractivity contribution >= 4 is 17.5 Å². The molecule has 3 rings (SSSR count). The largest absolute Gasteiger partial charge is 0.486 e. The van der Waals surface area contributed by atoms with Crippen LogP contribution in [0.4, 0.5) is 0 Å². The molecular weight excluding hydrogens is 306 g/mol. The molecule has 0 saturated heterocycles. The predicted octanol–water partition coefficient (Wildman–Crippen LogP) is 1.93. The fourth-order valence-corrected chi connectivity index (χ4v) is 3.30. The van der Waals surface area contributed by atoms with E-state index in [1.54, 1.807) is 12.1 Å². The summed E-state index contributed by atoms with van der Waals surface area (Å²) < 4.78 is 11.0. The van der Waals surface area contributed by atoms with E-state index in [-0.39, 0.29) is 24.3 Å². The van der Waals surface area contributed by atoms with E-state index in [2.05, 4.69) is 5.32 Å². The highest BCUT2D eigenvalue weighted by molar-refractivity contribution is 6.32. The summed E-state index contributed by atoms with van der Waals surface area (Å²) in [4.78, 5) is 12.0. The van der Waals surface area contributed by atoms with Gasteiger partial charge in [0.1, 0.15) is 13.2 Å². The van der Waals surface area contributed by atoms with E-state index in [4.69, 9.17) is 21.1 Å². The minimum Gasteiger partial charge on any atom is -0.486 e. The molecule has 2 atom stereocenters. The minimum atomic E-state index is -0.288. The average Bonchev–Trinajstić information content (AvgIpc) is 2.90. The summed E-state index contributed by atoms with van der Waals surface area (Å²) >= 11 is 6.16. The van der Waals surface area contributed by atoms with Gasteiger partial charge in [0.25, 0.3) is 0 Å². The summed E-state index contributed by atoms with van der Waals surface area (Å²) in [6.07, 6.45) is 2.78. The Morgan fingerprint density at radius 2 is 2.14 bits per heavy atom. The molecule has 120 valence electrons. The van der Waals surface area contributed by atoms with E-state index in [1.807, 2.05) is 0 Å². The number of halogens is 1. The van der Waals surface area contributed by atoms with Gasteiger partial charge >= 0.3 is 0 Å². The van der Waals surface area contributed by atoms with E-state index < -0.39 is 0 Å². The maximum Gasteiger partial charge on any atom is 0.224 e. The number of hydrogen-bond acceptors (Lipinski definition) is 4. The zero-order valence-electron chi connectivity index (χ0n) is 12.3. The number of rotatable bonds is 4. The van der Waals surface area contributed by atoms with E-state index in [1.165, 1.54) is 0 Å². The van der Waals surface area contributed by atoms with Crippen molar-refractivity contribution in [1.82, 2.24) is 5.32 Å². The summed E-state index contributed by atoms with van der Waals surface area (Å²) in [5.74, 6) is 1.23. The molecule has 1 aliphatic carbocycles. The Hall–Kier alpha value is -1.46. The van der Waals surface area contributed by atoms with Crippen molar-refractivity contribution in [1.29, 1.82) is 0 Å². The second kappa shape index (κ2) is 6.75. The summed E-state index contributed by atoms with van der Waals surface area (Å²) in [6.45, 7) is 1.49. The molecule has 2 N–H and O–H groups in total. The van der Waals surface area contributed by atoms with Crippen LogP contribution in [0.2, 0.25) is 5.02 Å². The standard InChI is InChI=1S/C16H20ClNO4/c17-12-6-10(7-14-16(12)22-5-4-21-14)8-15(20)18-9-11-2-1-3-13(11)19/h6-7,11,13,19H,1-5,8-9H2,(H,18,20). The van der Waals surface area contributed by atoms with Gasteiger partial charge in [0, 0.05) is 12.5 Å². The number of aliphatic hydroxyl groups is 1. The van der Waals surface area contributed by atoms with Gasteiger partial charge < -0.3 is 19.9 Å². The average molecular weight is 326 g/mol. The predicted molar refractivity (Wildman–Crippen MR) is 82.5 cm³/mol. The lowest BCUT2D eigenvalue weighted by molar-refractivity contribution is -0.120. The molecule has 2 unspecified atom stereocenters. The van der Waals surface area contributed by atoms with Crippen molar-refractivity contribution in [2.45, 2.75) is 31.8 Å². The van der Waals surface area contributed by atoms with E-state index >= 15 is 0 Å². The Balaban J connectivity index is 1.58. The number of benzene rings is 1. The van der Waals surface area contributed by atoms with Crippen LogP contribution in [0.15, 0.2) is 12.1 Å². The van der Waals surface area contributed by atoms with Gasteiger partial charge in [-0.3, -0.25) is 4.79 Å². The monoisotopic (exact) mass is 325 g/mol. The highest BCUT2D eigenvalue weighted by atomic mass is 35.5. The number of ether oxygens (including phenoxy) is 2. The molecule has 6 heteroatoms. The van der Waals surface area contributed by atoms with Crippen LogP contribution in [0.1, 0.15) is 24.8 Å². The molecule has 22 heavy (non-hydrogen) atoms. The Labute approximate surface area is 134 Å². The first kappa shape index (κ1) is 15.4. The Bertz CT molecular complexity index is 563. The van der Waals surface area contributed by atoms with E-state index in [9.17, 15) is 9.90 Å². The number of carbonyl (C=O) groups is 1. The van der Waals surface area contributed by atoms with Crippen molar-refractivity contribution in [3.8, 4) is 11.5 Å². The summed E-state index contributed by atoms with van der Waals surface area (Å²) in [6, 6.07) is 3.53. The second-order valence-corrected chi connectivity index (χ2v) is 6.25. The maximum absolute atomic E-state index is 12.0. The van der Waals surface area contributed by atoms with Crippen LogP contribution >= 0.6 is 11.6 Å². The first-order valence-corrected chi connectivity index (χ1v) is 8.04. The van der Waals surface area contributed by atoms with Crippen LogP contribution in [0.3, 0.4) is 0 Å². The van der Waals surface area contributed by atoms with Gasteiger partial charge in [0.2, 0.25) is 5.91 Å². The van der Waals surface area contributed by atoms with E-state index in [0.29, 0.717) is 36.3 Å². The molecule has 1 heterocycles. The number of aliphatic hydroxyl groups excluding tert-OH is 1. The fraction of sp³-hybridized carbons (Fsp3) is 0.562. The molecule has 0 aromatic heterocycles. The summed E-state index contributed by atoms with van der Waals surface area (Å²) in [7, 11) is 0. The fourth-order valence-electron chi connectivity index (χ4n) is 3.01. The summed E-state index contributed by atoms with van der Waals surface area (Å²) in [5, 5.41) is 13.1. The van der Waals surface area contributed by atoms with Crippen molar-refractivity contribution < 1.29 is 19.4 Å². The smallest absolute Gasteiger partial charge is 0.224 e. The van der Waals surface area contributed by atoms with Crippen molar-refractivity contribution in [2.24, 2.45) is 5.92 Å². The zero-order valence-corrected chi connectivity index (χ0v) is 13.1. The van der Waals surface area contributed by atoms with Crippen molar-refractivity contribution in [3.63, 3.8) is 0 Å². The number of fused-ring (bicyclic) bond motifs is 1. The second-order valence-electron chi connectivity index (χ2n) is 5.84. The number of carbonyl (C=O) groups excluding carboxylic acids is 1. The lowest BCUT2D eigenvalue weighted by atomic mass is 10.1.